The highest BCUT2D eigenvalue weighted by Gasteiger charge is 2.12. The number of urea groups is 1. The van der Waals surface area contributed by atoms with E-state index in [9.17, 15) is 4.79 Å². The molecule has 0 fully saturated rings. The third-order valence-electron chi connectivity index (χ3n) is 2.91. The van der Waals surface area contributed by atoms with Crippen LogP contribution in [0.2, 0.25) is 0 Å². The number of nitrogens with one attached hydrogen (secondary N) is 2. The van der Waals surface area contributed by atoms with E-state index in [1.165, 1.54) is 0 Å². The van der Waals surface area contributed by atoms with Crippen LogP contribution in [-0.4, -0.2) is 17.6 Å². The summed E-state index contributed by atoms with van der Waals surface area (Å²) < 4.78 is 5.47. The van der Waals surface area contributed by atoms with Gasteiger partial charge in [0.1, 0.15) is 5.75 Å². The van der Waals surface area contributed by atoms with Crippen LogP contribution in [-0.2, 0) is 0 Å². The minimum absolute atomic E-state index is 0.176. The highest BCUT2D eigenvalue weighted by molar-refractivity contribution is 5.91. The molecule has 0 aliphatic rings. The Morgan fingerprint density at radius 2 is 2.00 bits per heavy atom. The smallest absolute Gasteiger partial charge is 0.319 e. The van der Waals surface area contributed by atoms with Crippen molar-refractivity contribution in [2.24, 2.45) is 0 Å². The van der Waals surface area contributed by atoms with Crippen molar-refractivity contribution in [2.45, 2.75) is 19.9 Å². The average Bonchev–Trinajstić information content (AvgIpc) is 2.50. The zero-order valence-electron chi connectivity index (χ0n) is 12.2. The Morgan fingerprint density at radius 3 is 2.71 bits per heavy atom. The summed E-state index contributed by atoms with van der Waals surface area (Å²) in [6, 6.07) is 12.5. The molecule has 0 aliphatic carbocycles. The van der Waals surface area contributed by atoms with Gasteiger partial charge in [0, 0.05) is 6.20 Å². The van der Waals surface area contributed by atoms with Crippen molar-refractivity contribution < 1.29 is 9.53 Å². The van der Waals surface area contributed by atoms with Crippen LogP contribution in [0.25, 0.3) is 0 Å². The summed E-state index contributed by atoms with van der Waals surface area (Å²) in [7, 11) is 0. The second kappa shape index (κ2) is 7.28. The van der Waals surface area contributed by atoms with Gasteiger partial charge in [0.15, 0.2) is 0 Å². The van der Waals surface area contributed by atoms with E-state index in [1.54, 1.807) is 12.3 Å². The SMILES string of the molecule is CCOc1ccccc1NC(=O)N[C@@H](C)c1ccccn1. The van der Waals surface area contributed by atoms with Crippen molar-refractivity contribution in [1.29, 1.82) is 0 Å². The Morgan fingerprint density at radius 1 is 1.24 bits per heavy atom. The second-order valence-electron chi connectivity index (χ2n) is 4.50. The molecule has 0 unspecified atom stereocenters. The average molecular weight is 285 g/mol. The van der Waals surface area contributed by atoms with Gasteiger partial charge in [-0.05, 0) is 38.1 Å². The summed E-state index contributed by atoms with van der Waals surface area (Å²) in [6.45, 7) is 4.33. The highest BCUT2D eigenvalue weighted by Crippen LogP contribution is 2.23. The van der Waals surface area contributed by atoms with Gasteiger partial charge in [-0.3, -0.25) is 4.98 Å². The van der Waals surface area contributed by atoms with Crippen LogP contribution in [0.5, 0.6) is 5.75 Å². The molecule has 110 valence electrons. The number of benzene rings is 1. The fourth-order valence-electron chi connectivity index (χ4n) is 1.91. The molecular weight excluding hydrogens is 266 g/mol. The minimum Gasteiger partial charge on any atom is -0.492 e. The molecule has 0 spiro atoms. The van der Waals surface area contributed by atoms with Gasteiger partial charge < -0.3 is 15.4 Å². The maximum atomic E-state index is 12.0. The van der Waals surface area contributed by atoms with E-state index in [2.05, 4.69) is 15.6 Å². The van der Waals surface area contributed by atoms with Crippen molar-refractivity contribution in [1.82, 2.24) is 10.3 Å². The zero-order chi connectivity index (χ0) is 15.1. The summed E-state index contributed by atoms with van der Waals surface area (Å²) in [5, 5.41) is 5.64. The molecule has 0 aliphatic heterocycles. The molecular formula is C16H19N3O2. The topological polar surface area (TPSA) is 63.2 Å². The monoisotopic (exact) mass is 285 g/mol. The molecule has 1 aromatic carbocycles. The van der Waals surface area contributed by atoms with Crippen LogP contribution in [0, 0.1) is 0 Å². The third-order valence-corrected chi connectivity index (χ3v) is 2.91. The number of aromatic nitrogens is 1. The van der Waals surface area contributed by atoms with Crippen LogP contribution in [0.1, 0.15) is 25.6 Å². The lowest BCUT2D eigenvalue weighted by atomic mass is 10.2. The van der Waals surface area contributed by atoms with E-state index in [0.29, 0.717) is 18.0 Å². The van der Waals surface area contributed by atoms with Crippen molar-refractivity contribution in [2.75, 3.05) is 11.9 Å². The lowest BCUT2D eigenvalue weighted by Crippen LogP contribution is -2.31. The predicted octanol–water partition coefficient (Wildman–Crippen LogP) is 3.36. The van der Waals surface area contributed by atoms with Gasteiger partial charge >= 0.3 is 6.03 Å². The first kappa shape index (κ1) is 14.8. The van der Waals surface area contributed by atoms with Crippen LogP contribution in [0.15, 0.2) is 48.7 Å². The number of ether oxygens (including phenoxy) is 1. The van der Waals surface area contributed by atoms with Gasteiger partial charge in [-0.15, -0.1) is 0 Å². The maximum Gasteiger partial charge on any atom is 0.319 e. The Balaban J connectivity index is 1.99. The number of hydrogen-bond donors (Lipinski definition) is 2. The van der Waals surface area contributed by atoms with Gasteiger partial charge in [-0.1, -0.05) is 18.2 Å². The van der Waals surface area contributed by atoms with Gasteiger partial charge in [-0.25, -0.2) is 4.79 Å². The molecule has 2 N–H and O–H groups in total. The van der Waals surface area contributed by atoms with Gasteiger partial charge in [0.25, 0.3) is 0 Å². The first-order chi connectivity index (χ1) is 10.2. The Kier molecular flexibility index (Phi) is 5.15. The molecule has 1 aromatic heterocycles. The summed E-state index contributed by atoms with van der Waals surface area (Å²) in [5.74, 6) is 0.653. The Bertz CT molecular complexity index is 587. The lowest BCUT2D eigenvalue weighted by Gasteiger charge is -2.15. The molecule has 2 aromatic rings. The molecule has 5 nitrogen and oxygen atoms in total. The molecule has 2 amide bonds. The summed E-state index contributed by atoms with van der Waals surface area (Å²) >= 11 is 0. The molecule has 1 heterocycles. The van der Waals surface area contributed by atoms with Gasteiger partial charge in [0.05, 0.1) is 24.0 Å². The fraction of sp³-hybridized carbons (Fsp3) is 0.250. The van der Waals surface area contributed by atoms with E-state index < -0.39 is 0 Å². The molecule has 0 bridgehead atoms. The third kappa shape index (κ3) is 4.21. The first-order valence-electron chi connectivity index (χ1n) is 6.91. The molecule has 0 radical (unpaired) electrons. The van der Waals surface area contributed by atoms with E-state index in [-0.39, 0.29) is 12.1 Å². The predicted molar refractivity (Wildman–Crippen MR) is 82.4 cm³/mol. The highest BCUT2D eigenvalue weighted by atomic mass is 16.5. The number of pyridine rings is 1. The van der Waals surface area contributed by atoms with E-state index in [4.69, 9.17) is 4.74 Å². The quantitative estimate of drug-likeness (QED) is 0.885. The van der Waals surface area contributed by atoms with Crippen LogP contribution < -0.4 is 15.4 Å². The minimum atomic E-state index is -0.291. The molecule has 21 heavy (non-hydrogen) atoms. The number of para-hydroxylation sites is 2. The summed E-state index contributed by atoms with van der Waals surface area (Å²) in [5.41, 5.74) is 1.45. The number of nitrogens with zero attached hydrogens (tertiary/aromatic N) is 1. The Labute approximate surface area is 124 Å². The van der Waals surface area contributed by atoms with Crippen LogP contribution in [0.4, 0.5) is 10.5 Å². The van der Waals surface area contributed by atoms with Crippen LogP contribution >= 0.6 is 0 Å². The maximum absolute atomic E-state index is 12.0. The molecule has 2 rings (SSSR count). The van der Waals surface area contributed by atoms with E-state index in [1.807, 2.05) is 50.2 Å². The Hall–Kier alpha value is -2.56. The number of rotatable bonds is 5. The normalized spacial score (nSPS) is 11.5. The fourth-order valence-corrected chi connectivity index (χ4v) is 1.91. The summed E-state index contributed by atoms with van der Waals surface area (Å²) in [6.07, 6.45) is 1.70. The van der Waals surface area contributed by atoms with E-state index >= 15 is 0 Å². The van der Waals surface area contributed by atoms with Gasteiger partial charge in [0.2, 0.25) is 0 Å². The largest absolute Gasteiger partial charge is 0.492 e. The number of hydrogen-bond acceptors (Lipinski definition) is 3. The number of anilines is 1. The number of carbonyl (C=O) groups excluding carboxylic acids is 1. The van der Waals surface area contributed by atoms with Gasteiger partial charge in [-0.2, -0.15) is 0 Å². The van der Waals surface area contributed by atoms with E-state index in [0.717, 1.165) is 5.69 Å². The van der Waals surface area contributed by atoms with Crippen LogP contribution in [0.3, 0.4) is 0 Å². The lowest BCUT2D eigenvalue weighted by molar-refractivity contribution is 0.249. The van der Waals surface area contributed by atoms with Crippen molar-refractivity contribution >= 4 is 11.7 Å². The van der Waals surface area contributed by atoms with Crippen molar-refractivity contribution in [3.05, 3.63) is 54.4 Å². The van der Waals surface area contributed by atoms with Crippen molar-refractivity contribution in [3.63, 3.8) is 0 Å². The molecule has 0 saturated carbocycles. The summed E-state index contributed by atoms with van der Waals surface area (Å²) in [4.78, 5) is 16.3. The number of amides is 2. The molecule has 0 saturated heterocycles. The van der Waals surface area contributed by atoms with Crippen molar-refractivity contribution in [3.8, 4) is 5.75 Å². The molecule has 1 atom stereocenters. The zero-order valence-corrected chi connectivity index (χ0v) is 12.2. The second-order valence-corrected chi connectivity index (χ2v) is 4.50. The number of carbonyl (C=O) groups is 1. The first-order valence-corrected chi connectivity index (χ1v) is 6.91. The standard InChI is InChI=1S/C16H19N3O2/c1-3-21-15-10-5-4-9-14(15)19-16(20)18-12(2)13-8-6-7-11-17-13/h4-12H,3H2,1-2H3,(H2,18,19,20)/t12-/m0/s1. The molecule has 5 heteroatoms.